The fourth-order valence-corrected chi connectivity index (χ4v) is 4.11. The Kier molecular flexibility index (Phi) is 5.75. The SMILES string of the molecule is COc1cccc(C(=O)Nc2cc(-c3cccs3)nn2-c2nc(-c3ccccc3)cc(=O)[nH]2)c1. The molecule has 0 spiro atoms. The molecule has 0 bridgehead atoms. The normalized spacial score (nSPS) is 10.7. The number of benzene rings is 2. The van der Waals surface area contributed by atoms with Crippen LogP contribution in [0.1, 0.15) is 10.4 Å². The molecule has 9 heteroatoms. The Morgan fingerprint density at radius 2 is 1.85 bits per heavy atom. The molecule has 5 rings (SSSR count). The van der Waals surface area contributed by atoms with Crippen LogP contribution in [0.5, 0.6) is 5.75 Å². The minimum absolute atomic E-state index is 0.190. The Balaban J connectivity index is 1.59. The number of nitrogens with one attached hydrogen (secondary N) is 2. The number of hydrogen-bond donors (Lipinski definition) is 2. The maximum atomic E-state index is 13.0. The van der Waals surface area contributed by atoms with Gasteiger partial charge in [0.15, 0.2) is 0 Å². The van der Waals surface area contributed by atoms with Crippen molar-refractivity contribution in [1.29, 1.82) is 0 Å². The number of methoxy groups -OCH3 is 1. The Morgan fingerprint density at radius 1 is 1.00 bits per heavy atom. The molecular formula is C25H19N5O3S. The van der Waals surface area contributed by atoms with Crippen LogP contribution < -0.4 is 15.6 Å². The van der Waals surface area contributed by atoms with Crippen LogP contribution in [0.25, 0.3) is 27.8 Å². The van der Waals surface area contributed by atoms with Gasteiger partial charge in [0, 0.05) is 23.3 Å². The standard InChI is InChI=1S/C25H19N5O3S/c1-33-18-10-5-9-17(13-18)24(32)27-22-14-20(21-11-6-12-34-21)29-30(22)25-26-19(15-23(31)28-25)16-7-3-2-4-8-16/h2-15H,1H3,(H,27,32)(H,26,28,31). The average molecular weight is 470 g/mol. The zero-order chi connectivity index (χ0) is 23.5. The van der Waals surface area contributed by atoms with Gasteiger partial charge in [-0.15, -0.1) is 11.3 Å². The summed E-state index contributed by atoms with van der Waals surface area (Å²) in [6.07, 6.45) is 0. The van der Waals surface area contributed by atoms with E-state index in [0.717, 1.165) is 10.4 Å². The van der Waals surface area contributed by atoms with E-state index in [2.05, 4.69) is 20.4 Å². The first-order chi connectivity index (χ1) is 16.6. The summed E-state index contributed by atoms with van der Waals surface area (Å²) in [5.41, 5.74) is 2.02. The number of aromatic nitrogens is 4. The first-order valence-corrected chi connectivity index (χ1v) is 11.3. The van der Waals surface area contributed by atoms with Crippen LogP contribution in [0.15, 0.2) is 89.0 Å². The maximum absolute atomic E-state index is 13.0. The molecule has 0 unspecified atom stereocenters. The summed E-state index contributed by atoms with van der Waals surface area (Å²) in [6, 6.07) is 23.3. The Hall–Kier alpha value is -4.50. The molecular weight excluding hydrogens is 450 g/mol. The van der Waals surface area contributed by atoms with Crippen LogP contribution >= 0.6 is 11.3 Å². The predicted molar refractivity (Wildman–Crippen MR) is 132 cm³/mol. The Labute approximate surface area is 198 Å². The summed E-state index contributed by atoms with van der Waals surface area (Å²) < 4.78 is 6.66. The van der Waals surface area contributed by atoms with Crippen molar-refractivity contribution in [1.82, 2.24) is 19.7 Å². The van der Waals surface area contributed by atoms with Gasteiger partial charge in [-0.25, -0.2) is 4.98 Å². The molecule has 5 aromatic rings. The molecule has 3 heterocycles. The van der Waals surface area contributed by atoms with E-state index in [1.54, 1.807) is 37.4 Å². The van der Waals surface area contributed by atoms with Gasteiger partial charge in [-0.05, 0) is 29.6 Å². The van der Waals surface area contributed by atoms with E-state index in [-0.39, 0.29) is 17.4 Å². The first-order valence-electron chi connectivity index (χ1n) is 10.4. The van der Waals surface area contributed by atoms with Crippen LogP contribution in [0.3, 0.4) is 0 Å². The number of rotatable bonds is 6. The quantitative estimate of drug-likeness (QED) is 0.378. The highest BCUT2D eigenvalue weighted by Crippen LogP contribution is 2.28. The topological polar surface area (TPSA) is 102 Å². The molecule has 0 atom stereocenters. The van der Waals surface area contributed by atoms with Crippen molar-refractivity contribution in [3.8, 4) is 33.5 Å². The Bertz CT molecular complexity index is 1510. The van der Waals surface area contributed by atoms with Crippen molar-refractivity contribution in [2.75, 3.05) is 12.4 Å². The molecule has 0 aliphatic heterocycles. The summed E-state index contributed by atoms with van der Waals surface area (Å²) in [6.45, 7) is 0. The van der Waals surface area contributed by atoms with Gasteiger partial charge in [0.25, 0.3) is 11.5 Å². The molecule has 2 aromatic carbocycles. The monoisotopic (exact) mass is 469 g/mol. The molecule has 0 aliphatic rings. The first kappa shape index (κ1) is 21.4. The summed E-state index contributed by atoms with van der Waals surface area (Å²) in [7, 11) is 1.54. The molecule has 0 saturated carbocycles. The van der Waals surface area contributed by atoms with Crippen molar-refractivity contribution in [3.63, 3.8) is 0 Å². The van der Waals surface area contributed by atoms with Gasteiger partial charge in [-0.1, -0.05) is 42.5 Å². The Morgan fingerprint density at radius 3 is 2.62 bits per heavy atom. The fraction of sp³-hybridized carbons (Fsp3) is 0.0400. The minimum atomic E-state index is -0.348. The molecule has 8 nitrogen and oxygen atoms in total. The van der Waals surface area contributed by atoms with Gasteiger partial charge in [-0.3, -0.25) is 14.6 Å². The number of nitrogens with zero attached hydrogens (tertiary/aromatic N) is 3. The van der Waals surface area contributed by atoms with E-state index in [0.29, 0.717) is 28.5 Å². The summed E-state index contributed by atoms with van der Waals surface area (Å²) in [4.78, 5) is 33.8. The predicted octanol–water partition coefficient (Wildman–Crippen LogP) is 4.61. The van der Waals surface area contributed by atoms with Crippen molar-refractivity contribution in [3.05, 3.63) is 100 Å². The van der Waals surface area contributed by atoms with Crippen LogP contribution in [0, 0.1) is 0 Å². The molecule has 168 valence electrons. The van der Waals surface area contributed by atoms with Crippen molar-refractivity contribution < 1.29 is 9.53 Å². The molecule has 0 saturated heterocycles. The molecule has 3 aromatic heterocycles. The number of carbonyl (C=O) groups is 1. The second-order valence-electron chi connectivity index (χ2n) is 7.31. The van der Waals surface area contributed by atoms with Crippen LogP contribution in [-0.2, 0) is 0 Å². The number of carbonyl (C=O) groups excluding carboxylic acids is 1. The third kappa shape index (κ3) is 4.37. The van der Waals surface area contributed by atoms with E-state index in [4.69, 9.17) is 4.74 Å². The summed E-state index contributed by atoms with van der Waals surface area (Å²) in [5.74, 6) is 0.779. The fourth-order valence-electron chi connectivity index (χ4n) is 3.43. The van der Waals surface area contributed by atoms with Gasteiger partial charge in [0.05, 0.1) is 17.7 Å². The number of anilines is 1. The second kappa shape index (κ2) is 9.16. The van der Waals surface area contributed by atoms with Crippen molar-refractivity contribution >= 4 is 23.1 Å². The summed E-state index contributed by atoms with van der Waals surface area (Å²) in [5, 5.41) is 9.46. The van der Waals surface area contributed by atoms with Gasteiger partial charge >= 0.3 is 0 Å². The lowest BCUT2D eigenvalue weighted by molar-refractivity contribution is 0.102. The number of ether oxygens (including phenoxy) is 1. The third-order valence-electron chi connectivity index (χ3n) is 5.06. The lowest BCUT2D eigenvalue weighted by atomic mass is 10.1. The molecule has 0 radical (unpaired) electrons. The third-order valence-corrected chi connectivity index (χ3v) is 5.95. The number of thiophene rings is 1. The van der Waals surface area contributed by atoms with Crippen molar-refractivity contribution in [2.45, 2.75) is 0 Å². The molecule has 0 fully saturated rings. The van der Waals surface area contributed by atoms with E-state index in [1.807, 2.05) is 47.8 Å². The van der Waals surface area contributed by atoms with Gasteiger partial charge in [-0.2, -0.15) is 9.78 Å². The second-order valence-corrected chi connectivity index (χ2v) is 8.26. The highest BCUT2D eigenvalue weighted by Gasteiger charge is 2.18. The van der Waals surface area contributed by atoms with Crippen molar-refractivity contribution in [2.24, 2.45) is 0 Å². The van der Waals surface area contributed by atoms with E-state index >= 15 is 0 Å². The van der Waals surface area contributed by atoms with Crippen LogP contribution in [0.2, 0.25) is 0 Å². The zero-order valence-electron chi connectivity index (χ0n) is 18.1. The van der Waals surface area contributed by atoms with E-state index in [9.17, 15) is 9.59 Å². The number of aromatic amines is 1. The minimum Gasteiger partial charge on any atom is -0.497 e. The molecule has 0 aliphatic carbocycles. The summed E-state index contributed by atoms with van der Waals surface area (Å²) >= 11 is 1.52. The van der Waals surface area contributed by atoms with Gasteiger partial charge in [0.2, 0.25) is 5.95 Å². The average Bonchev–Trinajstić information content (AvgIpc) is 3.54. The van der Waals surface area contributed by atoms with Gasteiger partial charge < -0.3 is 10.1 Å². The number of H-pyrrole nitrogens is 1. The van der Waals surface area contributed by atoms with Gasteiger partial charge in [0.1, 0.15) is 17.3 Å². The number of amides is 1. The smallest absolute Gasteiger partial charge is 0.256 e. The molecule has 2 N–H and O–H groups in total. The lowest BCUT2D eigenvalue weighted by Gasteiger charge is -2.10. The van der Waals surface area contributed by atoms with Crippen LogP contribution in [0.4, 0.5) is 5.82 Å². The molecule has 34 heavy (non-hydrogen) atoms. The van der Waals surface area contributed by atoms with E-state index in [1.165, 1.54) is 22.1 Å². The lowest BCUT2D eigenvalue weighted by Crippen LogP contribution is -2.18. The maximum Gasteiger partial charge on any atom is 0.256 e. The molecule has 1 amide bonds. The number of hydrogen-bond acceptors (Lipinski definition) is 6. The largest absolute Gasteiger partial charge is 0.497 e. The van der Waals surface area contributed by atoms with E-state index < -0.39 is 0 Å². The van der Waals surface area contributed by atoms with Crippen LogP contribution in [-0.4, -0.2) is 32.8 Å². The highest BCUT2D eigenvalue weighted by molar-refractivity contribution is 7.13. The highest BCUT2D eigenvalue weighted by atomic mass is 32.1. The zero-order valence-corrected chi connectivity index (χ0v) is 18.9.